The van der Waals surface area contributed by atoms with E-state index in [2.05, 4.69) is 16.0 Å². The van der Waals surface area contributed by atoms with Crippen molar-refractivity contribution < 1.29 is 101 Å². The molecule has 1 fully saturated rings. The maximum absolute atomic E-state index is 17.7. The lowest BCUT2D eigenvalue weighted by molar-refractivity contribution is -0.870. The van der Waals surface area contributed by atoms with E-state index >= 15 is 8.63 Å². The Morgan fingerprint density at radius 2 is 1.51 bits per heavy atom. The highest BCUT2D eigenvalue weighted by atomic mass is 32.2. The highest BCUT2D eigenvalue weighted by Crippen LogP contribution is 2.41. The van der Waals surface area contributed by atoms with E-state index in [0.717, 1.165) is 28.1 Å². The second-order valence-corrected chi connectivity index (χ2v) is 28.2. The molecule has 5 amide bonds. The van der Waals surface area contributed by atoms with Crippen LogP contribution in [-0.2, 0) is 66.6 Å². The number of nitrogens with zero attached hydrogens (tertiary/aromatic N) is 7. The molecule has 3 unspecified atom stereocenters. The van der Waals surface area contributed by atoms with Crippen LogP contribution in [0.5, 0.6) is 11.5 Å². The van der Waals surface area contributed by atoms with Crippen LogP contribution in [0.15, 0.2) is 65.9 Å². The van der Waals surface area contributed by atoms with Crippen molar-refractivity contribution in [3.05, 3.63) is 104 Å². The lowest BCUT2D eigenvalue weighted by Gasteiger charge is -2.32. The van der Waals surface area contributed by atoms with Crippen molar-refractivity contribution in [2.75, 3.05) is 107 Å². The van der Waals surface area contributed by atoms with E-state index in [1.54, 1.807) is 54.4 Å². The molecule has 3 aliphatic rings. The predicted octanol–water partition coefficient (Wildman–Crippen LogP) is 4.19. The van der Waals surface area contributed by atoms with E-state index in [4.69, 9.17) is 19.0 Å². The fraction of sp³-hybridized carbons (Fsp3) is 0.542. The van der Waals surface area contributed by atoms with Crippen molar-refractivity contribution in [3.8, 4) is 11.5 Å². The first-order valence-electron chi connectivity index (χ1n) is 30.1. The number of methoxy groups -OCH3 is 1. The smallest absolute Gasteiger partial charge is 0.493 e. The Balaban J connectivity index is 1.11. The number of aromatic nitrogens is 1. The quantitative estimate of drug-likeness (QED) is 0.00796. The number of halogens is 2. The molecule has 1 saturated heterocycles. The standard InChI is InChI=1S/C59H83BF2N10O18S2/c1-40(89-59(78)90-69-56(75)24-25-57(69)76)46-36-52(87-9)53(38-51(46)70(79)80)88-31-28-66(2)27-26-63-55(74)35-44(21-13-14-29-71(3,4)5)64-58(77)47(39-92(84,85)86)65-54(73)23-22-45-33-42(20-16-32-91(81,82)83)49-37-50-43(19-15-30-72(6,7)8)34-48(41-17-11-10-12-18-41)68(50)60(61,62)67(45)49/h10-12,17-18,33-34,36-38,40,44,47H,13-16,19-32,35,39H2,1-9H3,(H3-2,63,64,65,73,74,77,81,82,83,84,85,86)/p+2. The van der Waals surface area contributed by atoms with E-state index in [9.17, 15) is 64.8 Å². The summed E-state index contributed by atoms with van der Waals surface area (Å²) in [5.74, 6) is -5.92. The number of aryl methyl sites for hydroxylation is 2. The van der Waals surface area contributed by atoms with Crippen LogP contribution in [0, 0.1) is 10.1 Å². The van der Waals surface area contributed by atoms with Gasteiger partial charge >= 0.3 is 13.1 Å². The first-order valence-corrected chi connectivity index (χ1v) is 33.3. The summed E-state index contributed by atoms with van der Waals surface area (Å²) in [5, 5.41) is 20.3. The number of carbonyl (C=O) groups is 6. The molecular weight excluding hydrogens is 1250 g/mol. The molecule has 28 nitrogen and oxygen atoms in total. The van der Waals surface area contributed by atoms with Gasteiger partial charge in [-0.2, -0.15) is 16.8 Å². The van der Waals surface area contributed by atoms with Gasteiger partial charge in [-0.25, -0.2) is 4.79 Å². The number of carbonyl (C=O) groups excluding carboxylic acids is 6. The lowest BCUT2D eigenvalue weighted by atomic mass is 9.88. The number of ether oxygens (including phenoxy) is 3. The Hall–Kier alpha value is -7.69. The Kier molecular flexibility index (Phi) is 25.0. The normalized spacial score (nSPS) is 15.9. The van der Waals surface area contributed by atoms with E-state index in [1.807, 2.05) is 42.3 Å². The van der Waals surface area contributed by atoms with Gasteiger partial charge in [0.25, 0.3) is 37.7 Å². The second kappa shape index (κ2) is 31.3. The summed E-state index contributed by atoms with van der Waals surface area (Å²) in [4.78, 5) is 95.6. The molecule has 92 heavy (non-hydrogen) atoms. The van der Waals surface area contributed by atoms with Crippen molar-refractivity contribution in [1.82, 2.24) is 30.4 Å². The highest BCUT2D eigenvalue weighted by molar-refractivity contribution is 7.86. The van der Waals surface area contributed by atoms with E-state index < -0.39 is 110 Å². The zero-order chi connectivity index (χ0) is 68.1. The van der Waals surface area contributed by atoms with Gasteiger partial charge in [-0.3, -0.25) is 48.0 Å². The van der Waals surface area contributed by atoms with Crippen LogP contribution in [0.3, 0.4) is 0 Å². The fourth-order valence-electron chi connectivity index (χ4n) is 10.9. The number of nitro benzene ring substituents is 1. The van der Waals surface area contributed by atoms with Crippen LogP contribution >= 0.6 is 0 Å². The number of quaternary nitrogens is 2. The zero-order valence-electron chi connectivity index (χ0n) is 53.4. The van der Waals surface area contributed by atoms with Gasteiger partial charge in [0.05, 0.1) is 84.8 Å². The van der Waals surface area contributed by atoms with Crippen LogP contribution in [0.2, 0.25) is 0 Å². The van der Waals surface area contributed by atoms with Crippen LogP contribution in [0.4, 0.5) is 19.1 Å². The van der Waals surface area contributed by atoms with E-state index in [0.29, 0.717) is 51.3 Å². The molecule has 506 valence electrons. The minimum atomic E-state index is -4.96. The van der Waals surface area contributed by atoms with Crippen LogP contribution < -0.4 is 25.4 Å². The summed E-state index contributed by atoms with van der Waals surface area (Å²) in [6, 6.07) is 9.61. The van der Waals surface area contributed by atoms with Crippen molar-refractivity contribution in [3.63, 3.8) is 0 Å². The number of hydrogen-bond acceptors (Lipinski definition) is 17. The van der Waals surface area contributed by atoms with Crippen LogP contribution in [0.1, 0.15) is 105 Å². The average Bonchev–Trinajstić information content (AvgIpc) is 1.74. The van der Waals surface area contributed by atoms with Gasteiger partial charge in [0.1, 0.15) is 24.5 Å². The van der Waals surface area contributed by atoms with Gasteiger partial charge in [-0.05, 0) is 94.4 Å². The molecule has 0 radical (unpaired) electrons. The van der Waals surface area contributed by atoms with Crippen molar-refractivity contribution in [1.29, 1.82) is 0 Å². The summed E-state index contributed by atoms with van der Waals surface area (Å²) in [6.07, 6.45) is 1.44. The second-order valence-electron chi connectivity index (χ2n) is 25.1. The Labute approximate surface area is 534 Å². The largest absolute Gasteiger partial charge is 0.737 e. The van der Waals surface area contributed by atoms with Crippen LogP contribution in [0.25, 0.3) is 6.08 Å². The number of hydrogen-bond donors (Lipinski definition) is 5. The lowest BCUT2D eigenvalue weighted by Crippen LogP contribution is -2.53. The summed E-state index contributed by atoms with van der Waals surface area (Å²) >= 11 is 0. The topological polar surface area (TPSA) is 342 Å². The monoisotopic (exact) mass is 1330 g/mol. The molecule has 6 rings (SSSR count). The molecule has 0 saturated carbocycles. The minimum absolute atomic E-state index is 0.0307. The maximum atomic E-state index is 17.7. The minimum Gasteiger partial charge on any atom is -0.493 e. The number of allylic oxidation sites excluding steroid dienone is 2. The van der Waals surface area contributed by atoms with Crippen molar-refractivity contribution in [2.24, 2.45) is 0 Å². The van der Waals surface area contributed by atoms with Gasteiger partial charge in [0.15, 0.2) is 22.9 Å². The van der Waals surface area contributed by atoms with Gasteiger partial charge in [-0.15, -0.1) is 0 Å². The molecule has 0 bridgehead atoms. The summed E-state index contributed by atoms with van der Waals surface area (Å²) in [7, 11) is 5.66. The first-order chi connectivity index (χ1) is 42.9. The number of benzene rings is 2. The van der Waals surface area contributed by atoms with Gasteiger partial charge < -0.3 is 61.6 Å². The molecular formula is C59H85BF2N10O18S2+2. The molecule has 0 aliphatic carbocycles. The van der Waals surface area contributed by atoms with Crippen molar-refractivity contribution in [2.45, 2.75) is 102 Å². The number of unbranched alkanes of at least 4 members (excludes halogenated alkanes) is 1. The number of imide groups is 1. The maximum Gasteiger partial charge on any atom is 0.737 e. The number of hydroxylamine groups is 2. The number of amides is 5. The Morgan fingerprint density at radius 1 is 0.848 bits per heavy atom. The number of likely N-dealkylation sites (N-methyl/N-ethyl adjacent to an activating group) is 1. The summed E-state index contributed by atoms with van der Waals surface area (Å²) in [5.41, 5.74) is 1.46. The highest BCUT2D eigenvalue weighted by Gasteiger charge is 2.55. The van der Waals surface area contributed by atoms with Crippen LogP contribution in [-0.4, -0.2) is 226 Å². The third kappa shape index (κ3) is 21.4. The average molecular weight is 1340 g/mol. The summed E-state index contributed by atoms with van der Waals surface area (Å²) < 4.78 is 123. The number of nitro groups is 1. The van der Waals surface area contributed by atoms with E-state index in [1.165, 1.54) is 26.2 Å². The molecule has 1 aromatic heterocycles. The molecule has 33 heteroatoms. The molecule has 3 atom stereocenters. The molecule has 4 heterocycles. The molecule has 5 N–H and O–H groups in total. The fourth-order valence-corrected chi connectivity index (χ4v) is 12.1. The molecule has 3 aliphatic heterocycles. The number of nitrogens with one attached hydrogen (secondary N) is 3. The van der Waals surface area contributed by atoms with Gasteiger partial charge in [0, 0.05) is 86.8 Å². The Bertz CT molecular complexity index is 3560. The van der Waals surface area contributed by atoms with Crippen molar-refractivity contribution >= 4 is 80.4 Å². The predicted molar refractivity (Wildman–Crippen MR) is 334 cm³/mol. The van der Waals surface area contributed by atoms with Gasteiger partial charge in [0.2, 0.25) is 17.7 Å². The third-order valence-electron chi connectivity index (χ3n) is 15.5. The Morgan fingerprint density at radius 3 is 2.13 bits per heavy atom. The number of rotatable bonds is 36. The first kappa shape index (κ1) is 73.4. The SMILES string of the molecule is COc1cc(C(C)OC(=O)ON2C(=O)CCC2=O)c([N+](=O)[O-])cc1OCCN(C)CCNC(=O)CC(CCCC[N+](C)(C)C)NC(=O)C(CS(=O)(=O)O)NC(=O)CCc1cc(CCCS(=O)(=O)O)c2n1[B-](F)(F)[N+]1=C(c3ccccc3)C=C(CCC[N+](C)(C)C)C1=C2. The molecule has 3 aromatic rings. The summed E-state index contributed by atoms with van der Waals surface area (Å²) in [6.45, 7) is -1.41. The molecule has 2 aromatic carbocycles. The number of fused-ring (bicyclic) bond motifs is 2. The molecule has 0 spiro atoms. The third-order valence-corrected chi connectivity index (χ3v) is 17.0. The van der Waals surface area contributed by atoms with Gasteiger partial charge in [-0.1, -0.05) is 23.3 Å². The van der Waals surface area contributed by atoms with E-state index in [-0.39, 0.29) is 116 Å². The zero-order valence-corrected chi connectivity index (χ0v) is 55.0.